The van der Waals surface area contributed by atoms with E-state index in [0.29, 0.717) is 43.5 Å². The highest BCUT2D eigenvalue weighted by molar-refractivity contribution is 6.30. The van der Waals surface area contributed by atoms with Crippen LogP contribution in [0.15, 0.2) is 48.5 Å². The average Bonchev–Trinajstić information content (AvgIpc) is 3.06. The number of carbonyl (C=O) groups excluding carboxylic acids is 2. The molecule has 3 aliphatic rings. The summed E-state index contributed by atoms with van der Waals surface area (Å²) in [4.78, 5) is 34.8. The summed E-state index contributed by atoms with van der Waals surface area (Å²) in [5.74, 6) is 0.635. The van der Waals surface area contributed by atoms with E-state index in [4.69, 9.17) is 11.6 Å². The first kappa shape index (κ1) is 32.0. The lowest BCUT2D eigenvalue weighted by molar-refractivity contribution is -0.139. The molecule has 7 nitrogen and oxygen atoms in total. The Balaban J connectivity index is 1.25. The standard InChI is InChI=1S/C35H50ClN5O2/c1-3-39(4-2)25-33(27-10-6-5-7-11-27)40-18-20-41(21-19-40)35(43)32(22-26-14-16-30(36)17-15-26)38-34(42)31-23-28-12-8-9-13-29(28)24-37-31/h8-9,12-17,27,31-33,37H,3-7,10-11,18-25H2,1-2H3,(H,38,42)/t31-,32-,33?/m1/s1. The van der Waals surface area contributed by atoms with Crippen LogP contribution < -0.4 is 10.6 Å². The SMILES string of the molecule is CCN(CC)CC(C1CCCCC1)N1CCN(C(=O)[C@@H](Cc2ccc(Cl)cc2)NC(=O)[C@H]2Cc3ccccc3CN2)CC1. The summed E-state index contributed by atoms with van der Waals surface area (Å²) < 4.78 is 0. The lowest BCUT2D eigenvalue weighted by Crippen LogP contribution is -2.60. The van der Waals surface area contributed by atoms with Crippen LogP contribution >= 0.6 is 11.6 Å². The molecule has 0 aromatic heterocycles. The van der Waals surface area contributed by atoms with Gasteiger partial charge in [0.15, 0.2) is 0 Å². The lowest BCUT2D eigenvalue weighted by Gasteiger charge is -2.45. The van der Waals surface area contributed by atoms with Crippen LogP contribution in [-0.2, 0) is 29.0 Å². The molecule has 3 atom stereocenters. The number of nitrogens with zero attached hydrogens (tertiary/aromatic N) is 3. The molecular formula is C35H50ClN5O2. The second-order valence-electron chi connectivity index (χ2n) is 12.6. The number of hydrogen-bond acceptors (Lipinski definition) is 5. The molecule has 0 bridgehead atoms. The molecule has 1 saturated carbocycles. The molecule has 2 aromatic rings. The molecule has 2 heterocycles. The fourth-order valence-corrected chi connectivity index (χ4v) is 7.42. The van der Waals surface area contributed by atoms with Gasteiger partial charge in [-0.15, -0.1) is 0 Å². The molecule has 5 rings (SSSR count). The van der Waals surface area contributed by atoms with Crippen molar-refractivity contribution in [2.24, 2.45) is 5.92 Å². The summed E-state index contributed by atoms with van der Waals surface area (Å²) in [6.07, 6.45) is 7.74. The quantitative estimate of drug-likeness (QED) is 0.393. The Morgan fingerprint density at radius 3 is 2.30 bits per heavy atom. The molecular weight excluding hydrogens is 558 g/mol. The van der Waals surface area contributed by atoms with Gasteiger partial charge in [0, 0.05) is 56.8 Å². The summed E-state index contributed by atoms with van der Waals surface area (Å²) >= 11 is 6.14. The van der Waals surface area contributed by atoms with Crippen molar-refractivity contribution in [2.75, 3.05) is 45.8 Å². The molecule has 2 amide bonds. The zero-order valence-electron chi connectivity index (χ0n) is 26.1. The van der Waals surface area contributed by atoms with Crippen LogP contribution in [0.25, 0.3) is 0 Å². The first-order chi connectivity index (χ1) is 20.9. The first-order valence-electron chi connectivity index (χ1n) is 16.5. The number of carbonyl (C=O) groups is 2. The molecule has 1 unspecified atom stereocenters. The number of benzene rings is 2. The first-order valence-corrected chi connectivity index (χ1v) is 16.9. The van der Waals surface area contributed by atoms with E-state index in [1.54, 1.807) is 0 Å². The Morgan fingerprint density at radius 1 is 0.953 bits per heavy atom. The number of fused-ring (bicyclic) bond motifs is 1. The minimum atomic E-state index is -0.621. The number of amides is 2. The maximum Gasteiger partial charge on any atom is 0.245 e. The van der Waals surface area contributed by atoms with E-state index in [-0.39, 0.29) is 17.9 Å². The number of nitrogens with one attached hydrogen (secondary N) is 2. The minimum absolute atomic E-state index is 0.0112. The molecule has 2 fully saturated rings. The third-order valence-electron chi connectivity index (χ3n) is 9.99. The Morgan fingerprint density at radius 2 is 1.63 bits per heavy atom. The fourth-order valence-electron chi connectivity index (χ4n) is 7.29. The van der Waals surface area contributed by atoms with Crippen molar-refractivity contribution in [3.05, 3.63) is 70.2 Å². The number of likely N-dealkylation sites (N-methyl/N-ethyl adjacent to an activating group) is 1. The minimum Gasteiger partial charge on any atom is -0.343 e. The molecule has 8 heteroatoms. The molecule has 234 valence electrons. The summed E-state index contributed by atoms with van der Waals surface area (Å²) in [7, 11) is 0. The van der Waals surface area contributed by atoms with E-state index >= 15 is 0 Å². The van der Waals surface area contributed by atoms with Crippen LogP contribution in [0.5, 0.6) is 0 Å². The topological polar surface area (TPSA) is 67.9 Å². The van der Waals surface area contributed by atoms with Crippen molar-refractivity contribution in [1.29, 1.82) is 0 Å². The van der Waals surface area contributed by atoms with Crippen molar-refractivity contribution in [3.63, 3.8) is 0 Å². The maximum atomic E-state index is 14.1. The molecule has 0 spiro atoms. The monoisotopic (exact) mass is 607 g/mol. The van der Waals surface area contributed by atoms with Gasteiger partial charge in [-0.05, 0) is 67.1 Å². The smallest absolute Gasteiger partial charge is 0.245 e. The van der Waals surface area contributed by atoms with E-state index in [0.717, 1.165) is 44.2 Å². The van der Waals surface area contributed by atoms with Crippen molar-refractivity contribution in [2.45, 2.75) is 83.5 Å². The predicted molar refractivity (Wildman–Crippen MR) is 174 cm³/mol. The Labute approximate surface area is 263 Å². The van der Waals surface area contributed by atoms with Gasteiger partial charge in [0.1, 0.15) is 6.04 Å². The average molecular weight is 608 g/mol. The molecule has 0 radical (unpaired) electrons. The largest absolute Gasteiger partial charge is 0.343 e. The van der Waals surface area contributed by atoms with Crippen molar-refractivity contribution < 1.29 is 9.59 Å². The molecule has 43 heavy (non-hydrogen) atoms. The van der Waals surface area contributed by atoms with Crippen LogP contribution in [-0.4, -0.2) is 90.5 Å². The van der Waals surface area contributed by atoms with Crippen molar-refractivity contribution in [3.8, 4) is 0 Å². The van der Waals surface area contributed by atoms with Gasteiger partial charge >= 0.3 is 0 Å². The lowest BCUT2D eigenvalue weighted by atomic mass is 9.82. The summed E-state index contributed by atoms with van der Waals surface area (Å²) in [6, 6.07) is 15.4. The van der Waals surface area contributed by atoms with Gasteiger partial charge in [0.25, 0.3) is 0 Å². The van der Waals surface area contributed by atoms with Crippen LogP contribution in [0.1, 0.15) is 62.6 Å². The highest BCUT2D eigenvalue weighted by Gasteiger charge is 2.35. The van der Waals surface area contributed by atoms with Gasteiger partial charge < -0.3 is 20.4 Å². The molecule has 2 aromatic carbocycles. The third kappa shape index (κ3) is 8.39. The fraction of sp³-hybridized carbons (Fsp3) is 0.600. The van der Waals surface area contributed by atoms with Gasteiger partial charge in [-0.3, -0.25) is 14.5 Å². The van der Waals surface area contributed by atoms with E-state index in [1.807, 2.05) is 41.3 Å². The van der Waals surface area contributed by atoms with Gasteiger partial charge in [-0.25, -0.2) is 0 Å². The number of piperazine rings is 1. The Kier molecular flexibility index (Phi) is 11.5. The van der Waals surface area contributed by atoms with E-state index in [2.05, 4.69) is 46.4 Å². The predicted octanol–water partition coefficient (Wildman–Crippen LogP) is 4.52. The maximum absolute atomic E-state index is 14.1. The van der Waals surface area contributed by atoms with Crippen LogP contribution in [0, 0.1) is 5.92 Å². The molecule has 2 aliphatic heterocycles. The molecule has 1 saturated heterocycles. The van der Waals surface area contributed by atoms with Gasteiger partial charge in [0.2, 0.25) is 11.8 Å². The number of rotatable bonds is 11. The number of hydrogen-bond donors (Lipinski definition) is 2. The molecule has 2 N–H and O–H groups in total. The summed E-state index contributed by atoms with van der Waals surface area (Å²) in [6.45, 7) is 11.6. The van der Waals surface area contributed by atoms with Gasteiger partial charge in [-0.1, -0.05) is 81.1 Å². The van der Waals surface area contributed by atoms with Crippen LogP contribution in [0.3, 0.4) is 0 Å². The highest BCUT2D eigenvalue weighted by atomic mass is 35.5. The molecule has 1 aliphatic carbocycles. The second-order valence-corrected chi connectivity index (χ2v) is 13.0. The van der Waals surface area contributed by atoms with Gasteiger partial charge in [0.05, 0.1) is 6.04 Å². The second kappa shape index (κ2) is 15.5. The van der Waals surface area contributed by atoms with E-state index in [9.17, 15) is 9.59 Å². The van der Waals surface area contributed by atoms with Crippen LogP contribution in [0.2, 0.25) is 5.02 Å². The summed E-state index contributed by atoms with van der Waals surface area (Å²) in [5.41, 5.74) is 3.40. The Hall–Kier alpha value is -2.45. The van der Waals surface area contributed by atoms with E-state index in [1.165, 1.54) is 43.2 Å². The Bertz CT molecular complexity index is 1190. The summed E-state index contributed by atoms with van der Waals surface area (Å²) in [5, 5.41) is 7.20. The number of halogens is 1. The van der Waals surface area contributed by atoms with E-state index < -0.39 is 6.04 Å². The normalized spacial score (nSPS) is 21.3. The van der Waals surface area contributed by atoms with Gasteiger partial charge in [-0.2, -0.15) is 0 Å². The van der Waals surface area contributed by atoms with Crippen LogP contribution in [0.4, 0.5) is 0 Å². The van der Waals surface area contributed by atoms with Crippen molar-refractivity contribution >= 4 is 23.4 Å². The zero-order valence-corrected chi connectivity index (χ0v) is 26.8. The van der Waals surface area contributed by atoms with Crippen molar-refractivity contribution in [1.82, 2.24) is 25.3 Å². The highest BCUT2D eigenvalue weighted by Crippen LogP contribution is 2.30. The zero-order chi connectivity index (χ0) is 30.2. The third-order valence-corrected chi connectivity index (χ3v) is 10.2.